The molecule has 0 aliphatic carbocycles. The van der Waals surface area contributed by atoms with E-state index in [1.165, 1.54) is 17.7 Å². The zero-order chi connectivity index (χ0) is 12.8. The van der Waals surface area contributed by atoms with Gasteiger partial charge in [-0.05, 0) is 35.7 Å². The molecule has 1 aromatic carbocycles. The molecule has 0 amide bonds. The maximum absolute atomic E-state index is 12.7. The van der Waals surface area contributed by atoms with Gasteiger partial charge in [0.25, 0.3) is 0 Å². The molecule has 0 saturated carbocycles. The molecule has 1 aromatic heterocycles. The van der Waals surface area contributed by atoms with E-state index >= 15 is 0 Å². The van der Waals surface area contributed by atoms with Gasteiger partial charge in [-0.3, -0.25) is 0 Å². The first-order valence-electron chi connectivity index (χ1n) is 5.97. The van der Waals surface area contributed by atoms with Crippen LogP contribution in [-0.4, -0.2) is 9.78 Å². The van der Waals surface area contributed by atoms with Gasteiger partial charge in [0.15, 0.2) is 0 Å². The number of hydrogen-bond acceptors (Lipinski definition) is 1. The van der Waals surface area contributed by atoms with Crippen LogP contribution >= 0.6 is 0 Å². The summed E-state index contributed by atoms with van der Waals surface area (Å²) >= 11 is 0. The third kappa shape index (κ3) is 3.41. The number of hydrogen-bond donors (Lipinski definition) is 0. The molecular weight excluding hydrogens is 215 g/mol. The average molecular weight is 234 g/mol. The zero-order valence-electron chi connectivity index (χ0n) is 10.8. The van der Waals surface area contributed by atoms with Crippen molar-refractivity contribution in [2.45, 2.75) is 33.6 Å². The van der Waals surface area contributed by atoms with Crippen LogP contribution in [0.5, 0.6) is 0 Å². The SMILES string of the molecule is CC.CC(C)c1cnn(-c2ccc(F)cc2)c1. The lowest BCUT2D eigenvalue weighted by atomic mass is 10.1. The maximum atomic E-state index is 12.7. The Balaban J connectivity index is 0.000000686. The third-order valence-corrected chi connectivity index (χ3v) is 2.36. The minimum Gasteiger partial charge on any atom is -0.241 e. The lowest BCUT2D eigenvalue weighted by molar-refractivity contribution is 0.627. The van der Waals surface area contributed by atoms with Gasteiger partial charge >= 0.3 is 0 Å². The number of halogens is 1. The van der Waals surface area contributed by atoms with Crippen LogP contribution in [-0.2, 0) is 0 Å². The highest BCUT2D eigenvalue weighted by Gasteiger charge is 2.03. The van der Waals surface area contributed by atoms with E-state index in [9.17, 15) is 4.39 Å². The van der Waals surface area contributed by atoms with Crippen molar-refractivity contribution in [1.82, 2.24) is 9.78 Å². The molecule has 1 heterocycles. The van der Waals surface area contributed by atoms with Gasteiger partial charge in [-0.2, -0.15) is 5.10 Å². The molecule has 2 rings (SSSR count). The van der Waals surface area contributed by atoms with Crippen LogP contribution in [0.1, 0.15) is 39.2 Å². The summed E-state index contributed by atoms with van der Waals surface area (Å²) in [5, 5.41) is 4.23. The van der Waals surface area contributed by atoms with Crippen LogP contribution < -0.4 is 0 Å². The average Bonchev–Trinajstić information content (AvgIpc) is 2.82. The Morgan fingerprint density at radius 3 is 2.18 bits per heavy atom. The Hall–Kier alpha value is -1.64. The topological polar surface area (TPSA) is 17.8 Å². The lowest BCUT2D eigenvalue weighted by Gasteiger charge is -2.01. The van der Waals surface area contributed by atoms with Gasteiger partial charge in [-0.25, -0.2) is 9.07 Å². The number of benzene rings is 1. The Kier molecular flexibility index (Phi) is 4.88. The smallest absolute Gasteiger partial charge is 0.123 e. The van der Waals surface area contributed by atoms with E-state index in [1.807, 2.05) is 26.2 Å². The molecule has 2 nitrogen and oxygen atoms in total. The molecule has 0 radical (unpaired) electrons. The predicted octanol–water partition coefficient (Wildman–Crippen LogP) is 4.16. The van der Waals surface area contributed by atoms with Gasteiger partial charge in [0, 0.05) is 6.20 Å². The molecule has 0 saturated heterocycles. The quantitative estimate of drug-likeness (QED) is 0.762. The monoisotopic (exact) mass is 234 g/mol. The van der Waals surface area contributed by atoms with Crippen molar-refractivity contribution >= 4 is 0 Å². The Bertz CT molecular complexity index is 444. The fraction of sp³-hybridized carbons (Fsp3) is 0.357. The molecule has 0 fully saturated rings. The zero-order valence-corrected chi connectivity index (χ0v) is 10.8. The second kappa shape index (κ2) is 6.18. The number of aromatic nitrogens is 2. The first kappa shape index (κ1) is 13.4. The van der Waals surface area contributed by atoms with Crippen molar-refractivity contribution in [3.8, 4) is 5.69 Å². The Morgan fingerprint density at radius 1 is 1.12 bits per heavy atom. The molecule has 92 valence electrons. The van der Waals surface area contributed by atoms with E-state index in [-0.39, 0.29) is 5.82 Å². The Labute approximate surface area is 102 Å². The number of rotatable bonds is 2. The van der Waals surface area contributed by atoms with Gasteiger partial charge in [-0.15, -0.1) is 0 Å². The van der Waals surface area contributed by atoms with Crippen LogP contribution in [0.2, 0.25) is 0 Å². The lowest BCUT2D eigenvalue weighted by Crippen LogP contribution is -1.93. The van der Waals surface area contributed by atoms with Crippen LogP contribution in [0.4, 0.5) is 4.39 Å². The van der Waals surface area contributed by atoms with Crippen LogP contribution in [0.15, 0.2) is 36.7 Å². The van der Waals surface area contributed by atoms with E-state index in [0.717, 1.165) is 5.69 Å². The van der Waals surface area contributed by atoms with Crippen molar-refractivity contribution in [2.24, 2.45) is 0 Å². The van der Waals surface area contributed by atoms with E-state index in [1.54, 1.807) is 16.8 Å². The van der Waals surface area contributed by atoms with E-state index in [2.05, 4.69) is 18.9 Å². The molecule has 0 atom stereocenters. The minimum atomic E-state index is -0.227. The van der Waals surface area contributed by atoms with Crippen molar-refractivity contribution in [1.29, 1.82) is 0 Å². The summed E-state index contributed by atoms with van der Waals surface area (Å²) in [6.07, 6.45) is 3.81. The summed E-state index contributed by atoms with van der Waals surface area (Å²) in [7, 11) is 0. The second-order valence-electron chi connectivity index (χ2n) is 3.85. The molecule has 0 N–H and O–H groups in total. The largest absolute Gasteiger partial charge is 0.241 e. The fourth-order valence-corrected chi connectivity index (χ4v) is 1.37. The number of nitrogens with zero attached hydrogens (tertiary/aromatic N) is 2. The molecule has 2 aromatic rings. The maximum Gasteiger partial charge on any atom is 0.123 e. The summed E-state index contributed by atoms with van der Waals surface area (Å²) in [5.41, 5.74) is 2.06. The van der Waals surface area contributed by atoms with Gasteiger partial charge in [0.2, 0.25) is 0 Å². The summed E-state index contributed by atoms with van der Waals surface area (Å²) in [6.45, 7) is 8.23. The molecule has 0 aliphatic rings. The molecule has 0 aliphatic heterocycles. The van der Waals surface area contributed by atoms with E-state index in [0.29, 0.717) is 5.92 Å². The van der Waals surface area contributed by atoms with Crippen molar-refractivity contribution < 1.29 is 4.39 Å². The van der Waals surface area contributed by atoms with Gasteiger partial charge in [0.1, 0.15) is 5.82 Å². The second-order valence-corrected chi connectivity index (χ2v) is 3.85. The van der Waals surface area contributed by atoms with Crippen molar-refractivity contribution in [3.63, 3.8) is 0 Å². The van der Waals surface area contributed by atoms with Crippen LogP contribution in [0, 0.1) is 5.82 Å². The van der Waals surface area contributed by atoms with E-state index < -0.39 is 0 Å². The first-order chi connectivity index (χ1) is 8.16. The van der Waals surface area contributed by atoms with E-state index in [4.69, 9.17) is 0 Å². The standard InChI is InChI=1S/C12H13FN2.C2H6/c1-9(2)10-7-14-15(8-10)12-5-3-11(13)4-6-12;1-2/h3-9H,1-2H3;1-2H3. The molecule has 0 bridgehead atoms. The van der Waals surface area contributed by atoms with Crippen molar-refractivity contribution in [2.75, 3.05) is 0 Å². The first-order valence-corrected chi connectivity index (χ1v) is 5.97. The summed E-state index contributed by atoms with van der Waals surface area (Å²) in [5.74, 6) is 0.231. The van der Waals surface area contributed by atoms with Crippen LogP contribution in [0.25, 0.3) is 5.69 Å². The van der Waals surface area contributed by atoms with Gasteiger partial charge in [0.05, 0.1) is 11.9 Å². The highest BCUT2D eigenvalue weighted by atomic mass is 19.1. The Morgan fingerprint density at radius 2 is 1.71 bits per heavy atom. The van der Waals surface area contributed by atoms with Gasteiger partial charge in [-0.1, -0.05) is 27.7 Å². The minimum absolute atomic E-state index is 0.227. The van der Waals surface area contributed by atoms with Crippen LogP contribution in [0.3, 0.4) is 0 Å². The highest BCUT2D eigenvalue weighted by molar-refractivity contribution is 5.31. The molecular formula is C14H19FN2. The summed E-state index contributed by atoms with van der Waals surface area (Å²) < 4.78 is 14.5. The normalized spacial score (nSPS) is 10.0. The van der Waals surface area contributed by atoms with Crippen molar-refractivity contribution in [3.05, 3.63) is 48.0 Å². The summed E-state index contributed by atoms with van der Waals surface area (Å²) in [4.78, 5) is 0. The molecule has 17 heavy (non-hydrogen) atoms. The highest BCUT2D eigenvalue weighted by Crippen LogP contribution is 2.15. The molecule has 0 spiro atoms. The van der Waals surface area contributed by atoms with Gasteiger partial charge < -0.3 is 0 Å². The fourth-order valence-electron chi connectivity index (χ4n) is 1.37. The third-order valence-electron chi connectivity index (χ3n) is 2.36. The molecule has 3 heteroatoms. The molecule has 0 unspecified atom stereocenters. The predicted molar refractivity (Wildman–Crippen MR) is 69.0 cm³/mol. The summed E-state index contributed by atoms with van der Waals surface area (Å²) in [6, 6.07) is 6.30.